The highest BCUT2D eigenvalue weighted by Crippen LogP contribution is 2.10. The van der Waals surface area contributed by atoms with Crippen molar-refractivity contribution in [3.63, 3.8) is 0 Å². The quantitative estimate of drug-likeness (QED) is 0.679. The summed E-state index contributed by atoms with van der Waals surface area (Å²) in [6.07, 6.45) is 4.07. The standard InChI is InChI=1S/C12H21N5O2/c1-10(16-5-2-3-6-16)8-13-4-7-17-9-11(12(18)19)14-15-17/h9-10,13H,2-8H2,1H3,(H,18,19). The first-order chi connectivity index (χ1) is 9.16. The van der Waals surface area contributed by atoms with Gasteiger partial charge in [0.1, 0.15) is 0 Å². The minimum absolute atomic E-state index is 0.00886. The van der Waals surface area contributed by atoms with Crippen LogP contribution >= 0.6 is 0 Å². The monoisotopic (exact) mass is 267 g/mol. The van der Waals surface area contributed by atoms with Crippen molar-refractivity contribution in [3.8, 4) is 0 Å². The molecule has 1 aromatic heterocycles. The molecule has 0 bridgehead atoms. The van der Waals surface area contributed by atoms with E-state index in [-0.39, 0.29) is 5.69 Å². The fraction of sp³-hybridized carbons (Fsp3) is 0.750. The Kier molecular flexibility index (Phi) is 4.86. The van der Waals surface area contributed by atoms with Crippen LogP contribution in [0.3, 0.4) is 0 Å². The summed E-state index contributed by atoms with van der Waals surface area (Å²) < 4.78 is 1.55. The van der Waals surface area contributed by atoms with Gasteiger partial charge in [-0.15, -0.1) is 5.10 Å². The second-order valence-electron chi connectivity index (χ2n) is 4.97. The molecule has 7 nitrogen and oxygen atoms in total. The first-order valence-electron chi connectivity index (χ1n) is 6.75. The van der Waals surface area contributed by atoms with E-state index in [9.17, 15) is 4.79 Å². The van der Waals surface area contributed by atoms with Crippen LogP contribution in [0.4, 0.5) is 0 Å². The molecule has 19 heavy (non-hydrogen) atoms. The van der Waals surface area contributed by atoms with Crippen LogP contribution in [0.25, 0.3) is 0 Å². The lowest BCUT2D eigenvalue weighted by Crippen LogP contribution is -2.39. The summed E-state index contributed by atoms with van der Waals surface area (Å²) in [5, 5.41) is 19.4. The molecule has 2 N–H and O–H groups in total. The molecule has 0 aliphatic carbocycles. The van der Waals surface area contributed by atoms with Crippen LogP contribution in [0.15, 0.2) is 6.20 Å². The van der Waals surface area contributed by atoms with Gasteiger partial charge >= 0.3 is 5.97 Å². The van der Waals surface area contributed by atoms with E-state index in [2.05, 4.69) is 27.5 Å². The van der Waals surface area contributed by atoms with Gasteiger partial charge < -0.3 is 10.4 Å². The Hall–Kier alpha value is -1.47. The summed E-state index contributed by atoms with van der Waals surface area (Å²) in [7, 11) is 0. The number of hydrogen-bond acceptors (Lipinski definition) is 5. The summed E-state index contributed by atoms with van der Waals surface area (Å²) in [6, 6.07) is 0.549. The summed E-state index contributed by atoms with van der Waals surface area (Å²) in [5.74, 6) is -1.04. The third kappa shape index (κ3) is 4.00. The van der Waals surface area contributed by atoms with Crippen LogP contribution in [0.2, 0.25) is 0 Å². The fourth-order valence-corrected chi connectivity index (χ4v) is 2.32. The summed E-state index contributed by atoms with van der Waals surface area (Å²) in [5.41, 5.74) is -0.00886. The molecule has 1 aliphatic rings. The van der Waals surface area contributed by atoms with Gasteiger partial charge in [0, 0.05) is 19.1 Å². The van der Waals surface area contributed by atoms with Crippen LogP contribution in [0, 0.1) is 0 Å². The molecule has 1 fully saturated rings. The molecule has 1 unspecified atom stereocenters. The minimum atomic E-state index is -1.04. The topological polar surface area (TPSA) is 83.3 Å². The van der Waals surface area contributed by atoms with E-state index in [1.165, 1.54) is 32.1 Å². The smallest absolute Gasteiger partial charge is 0.358 e. The van der Waals surface area contributed by atoms with Crippen molar-refractivity contribution >= 4 is 5.97 Å². The molecular weight excluding hydrogens is 246 g/mol. The maximum atomic E-state index is 10.6. The van der Waals surface area contributed by atoms with E-state index >= 15 is 0 Å². The molecule has 0 radical (unpaired) electrons. The largest absolute Gasteiger partial charge is 0.476 e. The molecule has 0 aromatic carbocycles. The lowest BCUT2D eigenvalue weighted by Gasteiger charge is -2.23. The second kappa shape index (κ2) is 6.63. The predicted octanol–water partition coefficient (Wildman–Crippen LogP) is 0.0502. The van der Waals surface area contributed by atoms with E-state index in [1.54, 1.807) is 4.68 Å². The van der Waals surface area contributed by atoms with Crippen LogP contribution < -0.4 is 5.32 Å². The van der Waals surface area contributed by atoms with Gasteiger partial charge in [-0.2, -0.15) is 0 Å². The number of likely N-dealkylation sites (tertiary alicyclic amines) is 1. The summed E-state index contributed by atoms with van der Waals surface area (Å²) in [6.45, 7) is 6.98. The Morgan fingerprint density at radius 1 is 1.53 bits per heavy atom. The molecule has 1 aliphatic heterocycles. The van der Waals surface area contributed by atoms with Crippen LogP contribution in [0.1, 0.15) is 30.3 Å². The molecular formula is C12H21N5O2. The third-order valence-corrected chi connectivity index (χ3v) is 3.48. The summed E-state index contributed by atoms with van der Waals surface area (Å²) in [4.78, 5) is 13.1. The number of carbonyl (C=O) groups is 1. The van der Waals surface area contributed by atoms with Crippen molar-refractivity contribution in [3.05, 3.63) is 11.9 Å². The molecule has 106 valence electrons. The Morgan fingerprint density at radius 3 is 2.89 bits per heavy atom. The zero-order valence-electron chi connectivity index (χ0n) is 11.2. The van der Waals surface area contributed by atoms with E-state index in [1.807, 2.05) is 0 Å². The maximum absolute atomic E-state index is 10.6. The average molecular weight is 267 g/mol. The minimum Gasteiger partial charge on any atom is -0.476 e. The number of nitrogens with zero attached hydrogens (tertiary/aromatic N) is 4. The molecule has 2 rings (SSSR count). The van der Waals surface area contributed by atoms with Gasteiger partial charge in [-0.05, 0) is 32.9 Å². The zero-order chi connectivity index (χ0) is 13.7. The van der Waals surface area contributed by atoms with Gasteiger partial charge in [-0.25, -0.2) is 4.79 Å². The van der Waals surface area contributed by atoms with Crippen molar-refractivity contribution < 1.29 is 9.90 Å². The van der Waals surface area contributed by atoms with Crippen molar-refractivity contribution in [2.75, 3.05) is 26.2 Å². The van der Waals surface area contributed by atoms with Crippen LogP contribution in [-0.2, 0) is 6.54 Å². The highest BCUT2D eigenvalue weighted by Gasteiger charge is 2.17. The highest BCUT2D eigenvalue weighted by molar-refractivity contribution is 5.84. The molecule has 1 saturated heterocycles. The van der Waals surface area contributed by atoms with Gasteiger partial charge in [-0.3, -0.25) is 9.58 Å². The Morgan fingerprint density at radius 2 is 2.26 bits per heavy atom. The third-order valence-electron chi connectivity index (χ3n) is 3.48. The van der Waals surface area contributed by atoms with E-state index in [0.717, 1.165) is 13.1 Å². The first-order valence-corrected chi connectivity index (χ1v) is 6.75. The molecule has 7 heteroatoms. The van der Waals surface area contributed by atoms with Gasteiger partial charge in [0.15, 0.2) is 5.69 Å². The SMILES string of the molecule is CC(CNCCn1cc(C(=O)O)nn1)N1CCCC1. The molecule has 0 amide bonds. The number of rotatable bonds is 7. The van der Waals surface area contributed by atoms with Crippen molar-refractivity contribution in [1.29, 1.82) is 0 Å². The molecule has 1 atom stereocenters. The number of nitrogens with one attached hydrogen (secondary N) is 1. The van der Waals surface area contributed by atoms with E-state index in [4.69, 9.17) is 5.11 Å². The number of hydrogen-bond donors (Lipinski definition) is 2. The second-order valence-corrected chi connectivity index (χ2v) is 4.97. The normalized spacial score (nSPS) is 17.7. The Labute approximate surface area is 112 Å². The number of aromatic nitrogens is 3. The van der Waals surface area contributed by atoms with E-state index in [0.29, 0.717) is 12.6 Å². The number of carboxylic acids is 1. The first kappa shape index (κ1) is 14.0. The molecule has 1 aromatic rings. The van der Waals surface area contributed by atoms with Crippen LogP contribution in [0.5, 0.6) is 0 Å². The van der Waals surface area contributed by atoms with Crippen LogP contribution in [-0.4, -0.2) is 63.2 Å². The lowest BCUT2D eigenvalue weighted by atomic mass is 10.3. The number of aromatic carboxylic acids is 1. The molecule has 2 heterocycles. The predicted molar refractivity (Wildman–Crippen MR) is 70.1 cm³/mol. The van der Waals surface area contributed by atoms with Gasteiger partial charge in [0.25, 0.3) is 0 Å². The van der Waals surface area contributed by atoms with Gasteiger partial charge in [0.05, 0.1) is 12.7 Å². The zero-order valence-corrected chi connectivity index (χ0v) is 11.2. The Balaban J connectivity index is 1.64. The Bertz CT molecular complexity index is 414. The highest BCUT2D eigenvalue weighted by atomic mass is 16.4. The van der Waals surface area contributed by atoms with Crippen molar-refractivity contribution in [1.82, 2.24) is 25.2 Å². The van der Waals surface area contributed by atoms with Crippen molar-refractivity contribution in [2.45, 2.75) is 32.4 Å². The summed E-state index contributed by atoms with van der Waals surface area (Å²) >= 11 is 0. The van der Waals surface area contributed by atoms with Gasteiger partial charge in [-0.1, -0.05) is 5.21 Å². The number of carboxylic acid groups (broad SMARTS) is 1. The van der Waals surface area contributed by atoms with Gasteiger partial charge in [0.2, 0.25) is 0 Å². The average Bonchev–Trinajstić information content (AvgIpc) is 3.05. The van der Waals surface area contributed by atoms with E-state index < -0.39 is 5.97 Å². The maximum Gasteiger partial charge on any atom is 0.358 e. The fourth-order valence-electron chi connectivity index (χ4n) is 2.32. The molecule has 0 saturated carbocycles. The van der Waals surface area contributed by atoms with Crippen molar-refractivity contribution in [2.24, 2.45) is 0 Å². The lowest BCUT2D eigenvalue weighted by molar-refractivity contribution is 0.0690. The molecule has 0 spiro atoms.